The number of carbonyl (C=O) groups excluding carboxylic acids is 2. The van der Waals surface area contributed by atoms with Crippen LogP contribution in [-0.2, 0) is 19.1 Å². The maximum absolute atomic E-state index is 12.0. The van der Waals surface area contributed by atoms with Crippen LogP contribution in [0.3, 0.4) is 0 Å². The van der Waals surface area contributed by atoms with Crippen molar-refractivity contribution in [3.05, 3.63) is 54.1 Å². The third-order valence-electron chi connectivity index (χ3n) is 4.11. The van der Waals surface area contributed by atoms with E-state index >= 15 is 0 Å². The van der Waals surface area contributed by atoms with Crippen molar-refractivity contribution < 1.29 is 24.2 Å². The average Bonchev–Trinajstić information content (AvgIpc) is 2.70. The molecule has 2 amide bonds. The van der Waals surface area contributed by atoms with E-state index in [2.05, 4.69) is 10.6 Å². The van der Waals surface area contributed by atoms with Crippen LogP contribution in [0.15, 0.2) is 48.6 Å². The molecule has 0 saturated carbocycles. The first-order chi connectivity index (χ1) is 13.1. The van der Waals surface area contributed by atoms with Crippen molar-refractivity contribution in [1.29, 1.82) is 0 Å². The summed E-state index contributed by atoms with van der Waals surface area (Å²) >= 11 is 0. The third-order valence-corrected chi connectivity index (χ3v) is 4.11. The molecule has 3 unspecified atom stereocenters. The highest BCUT2D eigenvalue weighted by atomic mass is 16.7. The largest absolute Gasteiger partial charge is 0.394 e. The summed E-state index contributed by atoms with van der Waals surface area (Å²) in [4.78, 5) is 23.8. The van der Waals surface area contributed by atoms with Crippen molar-refractivity contribution in [2.45, 2.75) is 31.3 Å². The summed E-state index contributed by atoms with van der Waals surface area (Å²) in [5, 5.41) is 14.5. The molecular formula is C20H26N2O5. The Hall–Kier alpha value is -2.48. The molecule has 0 aromatic heterocycles. The second kappa shape index (κ2) is 11.3. The molecule has 0 radical (unpaired) electrons. The van der Waals surface area contributed by atoms with Crippen LogP contribution in [0.25, 0.3) is 6.08 Å². The van der Waals surface area contributed by atoms with Gasteiger partial charge in [0.05, 0.1) is 25.3 Å². The molecule has 1 heterocycles. The van der Waals surface area contributed by atoms with Crippen LogP contribution in [0.2, 0.25) is 0 Å². The van der Waals surface area contributed by atoms with Crippen LogP contribution in [0, 0.1) is 0 Å². The molecule has 2 rings (SSSR count). The zero-order chi connectivity index (χ0) is 19.5. The molecule has 1 aliphatic rings. The van der Waals surface area contributed by atoms with Gasteiger partial charge in [0.15, 0.2) is 6.29 Å². The lowest BCUT2D eigenvalue weighted by Crippen LogP contribution is -2.52. The summed E-state index contributed by atoms with van der Waals surface area (Å²) in [5.41, 5.74) is 1.03. The number of rotatable bonds is 8. The van der Waals surface area contributed by atoms with Crippen molar-refractivity contribution >= 4 is 17.9 Å². The van der Waals surface area contributed by atoms with Gasteiger partial charge in [-0.05, 0) is 18.4 Å². The minimum absolute atomic E-state index is 0.0817. The standard InChI is InChI=1S/C20H26N2O5/c1-26-20-17(12-11-16(14-23)27-20)22-19(25)13-21-18(24)10-6-5-9-15-7-3-2-4-8-15/h2-10,16-17,20,23H,11-14H2,1H3,(H,21,24)(H,22,25)/b9-5+,10-6+. The SMILES string of the molecule is COC1OC(CO)CCC1NC(=O)CNC(=O)/C=C/C=C/c1ccccc1. The van der Waals surface area contributed by atoms with Gasteiger partial charge in [0.1, 0.15) is 0 Å². The summed E-state index contributed by atoms with van der Waals surface area (Å²) in [6, 6.07) is 9.41. The first-order valence-corrected chi connectivity index (χ1v) is 8.88. The van der Waals surface area contributed by atoms with Crippen molar-refractivity contribution in [3.63, 3.8) is 0 Å². The van der Waals surface area contributed by atoms with Gasteiger partial charge in [-0.3, -0.25) is 9.59 Å². The molecule has 1 saturated heterocycles. The van der Waals surface area contributed by atoms with E-state index in [1.165, 1.54) is 13.2 Å². The highest BCUT2D eigenvalue weighted by molar-refractivity contribution is 5.91. The fourth-order valence-electron chi connectivity index (χ4n) is 2.71. The van der Waals surface area contributed by atoms with E-state index in [9.17, 15) is 9.59 Å². The second-order valence-electron chi connectivity index (χ2n) is 6.14. The molecule has 1 aliphatic heterocycles. The number of methoxy groups -OCH3 is 1. The molecule has 3 N–H and O–H groups in total. The van der Waals surface area contributed by atoms with Gasteiger partial charge in [-0.1, -0.05) is 48.6 Å². The molecule has 1 aromatic rings. The van der Waals surface area contributed by atoms with Crippen LogP contribution in [0.1, 0.15) is 18.4 Å². The summed E-state index contributed by atoms with van der Waals surface area (Å²) in [7, 11) is 1.49. The quantitative estimate of drug-likeness (QED) is 0.466. The number of allylic oxidation sites excluding steroid dienone is 2. The highest BCUT2D eigenvalue weighted by Crippen LogP contribution is 2.19. The lowest BCUT2D eigenvalue weighted by molar-refractivity contribution is -0.202. The normalized spacial score (nSPS) is 22.8. The Bertz CT molecular complexity index is 660. The number of aliphatic hydroxyl groups excluding tert-OH is 1. The van der Waals surface area contributed by atoms with Gasteiger partial charge < -0.3 is 25.2 Å². The first-order valence-electron chi connectivity index (χ1n) is 8.88. The summed E-state index contributed by atoms with van der Waals surface area (Å²) in [6.07, 6.45) is 6.98. The van der Waals surface area contributed by atoms with Gasteiger partial charge in [0, 0.05) is 13.2 Å². The zero-order valence-electron chi connectivity index (χ0n) is 15.3. The first kappa shape index (κ1) is 20.8. The average molecular weight is 374 g/mol. The third kappa shape index (κ3) is 7.34. The maximum atomic E-state index is 12.0. The molecule has 1 aromatic carbocycles. The molecule has 1 fully saturated rings. The number of amides is 2. The Morgan fingerprint density at radius 1 is 1.26 bits per heavy atom. The van der Waals surface area contributed by atoms with E-state index in [1.807, 2.05) is 36.4 Å². The molecule has 0 bridgehead atoms. The van der Waals surface area contributed by atoms with E-state index in [4.69, 9.17) is 14.6 Å². The van der Waals surface area contributed by atoms with Crippen molar-refractivity contribution in [1.82, 2.24) is 10.6 Å². The summed E-state index contributed by atoms with van der Waals surface area (Å²) in [6.45, 7) is -0.219. The van der Waals surface area contributed by atoms with E-state index in [-0.39, 0.29) is 37.1 Å². The minimum atomic E-state index is -0.612. The molecular weight excluding hydrogens is 348 g/mol. The lowest BCUT2D eigenvalue weighted by Gasteiger charge is -2.35. The van der Waals surface area contributed by atoms with Gasteiger partial charge in [-0.2, -0.15) is 0 Å². The van der Waals surface area contributed by atoms with E-state index < -0.39 is 6.29 Å². The van der Waals surface area contributed by atoms with E-state index in [0.29, 0.717) is 12.8 Å². The second-order valence-corrected chi connectivity index (χ2v) is 6.14. The lowest BCUT2D eigenvalue weighted by atomic mass is 10.0. The van der Waals surface area contributed by atoms with Gasteiger partial charge >= 0.3 is 0 Å². The zero-order valence-corrected chi connectivity index (χ0v) is 15.3. The van der Waals surface area contributed by atoms with Crippen molar-refractivity contribution in [2.24, 2.45) is 0 Å². The van der Waals surface area contributed by atoms with Gasteiger partial charge in [-0.25, -0.2) is 0 Å². The molecule has 146 valence electrons. The summed E-state index contributed by atoms with van der Waals surface area (Å²) < 4.78 is 10.7. The van der Waals surface area contributed by atoms with Crippen LogP contribution in [0.5, 0.6) is 0 Å². The van der Waals surface area contributed by atoms with Crippen LogP contribution < -0.4 is 10.6 Å². The van der Waals surface area contributed by atoms with E-state index in [0.717, 1.165) is 5.56 Å². The Balaban J connectivity index is 1.70. The Kier molecular flexibility index (Phi) is 8.70. The predicted molar refractivity (Wildman–Crippen MR) is 102 cm³/mol. The summed E-state index contributed by atoms with van der Waals surface area (Å²) in [5.74, 6) is -0.680. The van der Waals surface area contributed by atoms with Gasteiger partial charge in [-0.15, -0.1) is 0 Å². The molecule has 3 atom stereocenters. The number of hydrogen-bond acceptors (Lipinski definition) is 5. The van der Waals surface area contributed by atoms with Crippen molar-refractivity contribution in [3.8, 4) is 0 Å². The number of hydrogen-bond donors (Lipinski definition) is 3. The molecule has 7 heteroatoms. The molecule has 7 nitrogen and oxygen atoms in total. The van der Waals surface area contributed by atoms with Gasteiger partial charge in [0.25, 0.3) is 0 Å². The van der Waals surface area contributed by atoms with Crippen LogP contribution >= 0.6 is 0 Å². The van der Waals surface area contributed by atoms with E-state index in [1.54, 1.807) is 12.2 Å². The fraction of sp³-hybridized carbons (Fsp3) is 0.400. The smallest absolute Gasteiger partial charge is 0.244 e. The number of aliphatic hydroxyl groups is 1. The Labute approximate surface area is 159 Å². The minimum Gasteiger partial charge on any atom is -0.394 e. The fourth-order valence-corrected chi connectivity index (χ4v) is 2.71. The monoisotopic (exact) mass is 374 g/mol. The number of nitrogens with one attached hydrogen (secondary N) is 2. The topological polar surface area (TPSA) is 96.9 Å². The molecule has 27 heavy (non-hydrogen) atoms. The number of carbonyl (C=O) groups is 2. The molecule has 0 aliphatic carbocycles. The Morgan fingerprint density at radius 3 is 2.74 bits per heavy atom. The van der Waals surface area contributed by atoms with Crippen LogP contribution in [-0.4, -0.2) is 55.6 Å². The number of benzene rings is 1. The molecule has 0 spiro atoms. The highest BCUT2D eigenvalue weighted by Gasteiger charge is 2.31. The van der Waals surface area contributed by atoms with Crippen LogP contribution in [0.4, 0.5) is 0 Å². The van der Waals surface area contributed by atoms with Crippen molar-refractivity contribution in [2.75, 3.05) is 20.3 Å². The predicted octanol–water partition coefficient (Wildman–Crippen LogP) is 1.00. The Morgan fingerprint density at radius 2 is 2.04 bits per heavy atom. The number of ether oxygens (including phenoxy) is 2. The maximum Gasteiger partial charge on any atom is 0.244 e. The van der Waals surface area contributed by atoms with Gasteiger partial charge in [0.2, 0.25) is 11.8 Å².